The Balaban J connectivity index is 1.45. The first-order valence-corrected chi connectivity index (χ1v) is 9.51. The van der Waals surface area contributed by atoms with Crippen molar-refractivity contribution in [3.8, 4) is 5.75 Å². The molecular weight excluding hydrogens is 340 g/mol. The number of aryl methyl sites for hydroxylation is 1. The Bertz CT molecular complexity index is 773. The minimum absolute atomic E-state index is 0.166. The minimum Gasteiger partial charge on any atom is -0.496 e. The summed E-state index contributed by atoms with van der Waals surface area (Å²) in [5.41, 5.74) is 3.34. The predicted molar refractivity (Wildman–Crippen MR) is 107 cm³/mol. The number of aromatic nitrogens is 1. The second-order valence-corrected chi connectivity index (χ2v) is 6.89. The first kappa shape index (κ1) is 19.0. The molecule has 2 N–H and O–H groups in total. The van der Waals surface area contributed by atoms with E-state index >= 15 is 0 Å². The number of methoxy groups -OCH3 is 1. The van der Waals surface area contributed by atoms with E-state index in [0.717, 1.165) is 42.2 Å². The first-order valence-electron chi connectivity index (χ1n) is 9.51. The third-order valence-electron chi connectivity index (χ3n) is 4.81. The minimum atomic E-state index is -0.166. The number of ether oxygens (including phenoxy) is 1. The Morgan fingerprint density at radius 3 is 2.78 bits per heavy atom. The molecule has 3 rings (SSSR count). The van der Waals surface area contributed by atoms with Gasteiger partial charge < -0.3 is 20.3 Å². The van der Waals surface area contributed by atoms with Crippen LogP contribution in [0.15, 0.2) is 36.5 Å². The van der Waals surface area contributed by atoms with Gasteiger partial charge in [-0.25, -0.2) is 9.78 Å². The van der Waals surface area contributed by atoms with Crippen molar-refractivity contribution in [2.45, 2.75) is 32.7 Å². The van der Waals surface area contributed by atoms with Crippen LogP contribution in [0.5, 0.6) is 5.75 Å². The molecule has 0 bridgehead atoms. The van der Waals surface area contributed by atoms with Crippen molar-refractivity contribution in [3.05, 3.63) is 53.2 Å². The molecule has 0 unspecified atom stereocenters. The van der Waals surface area contributed by atoms with Crippen molar-refractivity contribution < 1.29 is 9.53 Å². The van der Waals surface area contributed by atoms with E-state index in [4.69, 9.17) is 4.74 Å². The molecule has 1 aromatic carbocycles. The van der Waals surface area contributed by atoms with Crippen LogP contribution in [-0.2, 0) is 13.0 Å². The highest BCUT2D eigenvalue weighted by molar-refractivity contribution is 5.73. The zero-order valence-electron chi connectivity index (χ0n) is 16.1. The zero-order valence-corrected chi connectivity index (χ0v) is 16.1. The van der Waals surface area contributed by atoms with Crippen LogP contribution in [-0.4, -0.2) is 37.8 Å². The number of pyridine rings is 1. The Hall–Kier alpha value is -2.76. The standard InChI is InChI=1S/C21H28N4O2/c1-16-5-6-19(27-2)18(13-16)8-10-23-21(26)24-15-17-7-9-22-20(14-17)25-11-3-4-12-25/h5-7,9,13-14H,3-4,8,10-12,15H2,1-2H3,(H2,23,24,26). The molecule has 6 heteroatoms. The molecule has 27 heavy (non-hydrogen) atoms. The highest BCUT2D eigenvalue weighted by Gasteiger charge is 2.13. The molecule has 0 aliphatic carbocycles. The molecule has 6 nitrogen and oxygen atoms in total. The van der Waals surface area contributed by atoms with Gasteiger partial charge in [0.25, 0.3) is 0 Å². The van der Waals surface area contributed by atoms with E-state index in [2.05, 4.69) is 32.7 Å². The third-order valence-corrected chi connectivity index (χ3v) is 4.81. The highest BCUT2D eigenvalue weighted by Crippen LogP contribution is 2.20. The molecule has 1 aliphatic heterocycles. The van der Waals surface area contributed by atoms with Gasteiger partial charge in [0.1, 0.15) is 11.6 Å². The van der Waals surface area contributed by atoms with Crippen molar-refractivity contribution in [1.82, 2.24) is 15.6 Å². The highest BCUT2D eigenvalue weighted by atomic mass is 16.5. The second kappa shape index (κ2) is 9.26. The van der Waals surface area contributed by atoms with Gasteiger partial charge in [0.15, 0.2) is 0 Å². The normalized spacial score (nSPS) is 13.5. The van der Waals surface area contributed by atoms with Crippen molar-refractivity contribution in [2.75, 3.05) is 31.6 Å². The van der Waals surface area contributed by atoms with E-state index in [1.165, 1.54) is 18.4 Å². The average molecular weight is 368 g/mol. The number of benzene rings is 1. The molecule has 1 aliphatic rings. The molecule has 2 aromatic rings. The van der Waals surface area contributed by atoms with E-state index < -0.39 is 0 Å². The number of nitrogens with one attached hydrogen (secondary N) is 2. The fourth-order valence-corrected chi connectivity index (χ4v) is 3.35. The van der Waals surface area contributed by atoms with E-state index in [9.17, 15) is 4.79 Å². The summed E-state index contributed by atoms with van der Waals surface area (Å²) in [6.07, 6.45) is 4.98. The molecule has 1 fully saturated rings. The number of nitrogens with zero attached hydrogens (tertiary/aromatic N) is 2. The molecule has 2 heterocycles. The van der Waals surface area contributed by atoms with Crippen LogP contribution in [0.2, 0.25) is 0 Å². The fourth-order valence-electron chi connectivity index (χ4n) is 3.35. The summed E-state index contributed by atoms with van der Waals surface area (Å²) in [7, 11) is 1.67. The lowest BCUT2D eigenvalue weighted by Crippen LogP contribution is -2.36. The van der Waals surface area contributed by atoms with Gasteiger partial charge in [0, 0.05) is 32.4 Å². The van der Waals surface area contributed by atoms with Crippen LogP contribution in [0.3, 0.4) is 0 Å². The number of urea groups is 1. The number of carbonyl (C=O) groups is 1. The third kappa shape index (κ3) is 5.36. The number of amides is 2. The second-order valence-electron chi connectivity index (χ2n) is 6.89. The topological polar surface area (TPSA) is 66.5 Å². The number of anilines is 1. The molecule has 144 valence electrons. The summed E-state index contributed by atoms with van der Waals surface area (Å²) >= 11 is 0. The Morgan fingerprint density at radius 2 is 2.00 bits per heavy atom. The number of carbonyl (C=O) groups excluding carboxylic acids is 1. The Labute approximate surface area is 160 Å². The Morgan fingerprint density at radius 1 is 1.19 bits per heavy atom. The van der Waals surface area contributed by atoms with Gasteiger partial charge in [-0.05, 0) is 55.5 Å². The molecule has 1 saturated heterocycles. The van der Waals surface area contributed by atoms with E-state index in [-0.39, 0.29) is 6.03 Å². The van der Waals surface area contributed by atoms with Crippen LogP contribution >= 0.6 is 0 Å². The Kier molecular flexibility index (Phi) is 6.52. The van der Waals surface area contributed by atoms with Crippen LogP contribution in [0.25, 0.3) is 0 Å². The largest absolute Gasteiger partial charge is 0.496 e. The van der Waals surface area contributed by atoms with Crippen molar-refractivity contribution in [2.24, 2.45) is 0 Å². The van der Waals surface area contributed by atoms with Crippen LogP contribution in [0.4, 0.5) is 10.6 Å². The monoisotopic (exact) mass is 368 g/mol. The molecule has 2 amide bonds. The number of hydrogen-bond acceptors (Lipinski definition) is 4. The van der Waals surface area contributed by atoms with Gasteiger partial charge >= 0.3 is 6.03 Å². The van der Waals surface area contributed by atoms with Crippen LogP contribution < -0.4 is 20.3 Å². The van der Waals surface area contributed by atoms with Gasteiger partial charge in [0.05, 0.1) is 7.11 Å². The van der Waals surface area contributed by atoms with E-state index in [0.29, 0.717) is 13.1 Å². The van der Waals surface area contributed by atoms with Crippen LogP contribution in [0.1, 0.15) is 29.5 Å². The molecule has 1 aromatic heterocycles. The smallest absolute Gasteiger partial charge is 0.315 e. The summed E-state index contributed by atoms with van der Waals surface area (Å²) in [6, 6.07) is 9.91. The van der Waals surface area contributed by atoms with Crippen molar-refractivity contribution in [3.63, 3.8) is 0 Å². The predicted octanol–water partition coefficient (Wildman–Crippen LogP) is 3.04. The average Bonchev–Trinajstić information content (AvgIpc) is 3.22. The summed E-state index contributed by atoms with van der Waals surface area (Å²) < 4.78 is 5.38. The summed E-state index contributed by atoms with van der Waals surface area (Å²) in [5, 5.41) is 5.83. The van der Waals surface area contributed by atoms with Gasteiger partial charge in [-0.3, -0.25) is 0 Å². The maximum atomic E-state index is 12.1. The quantitative estimate of drug-likeness (QED) is 0.788. The van der Waals surface area contributed by atoms with E-state index in [1.807, 2.05) is 31.3 Å². The molecule has 0 atom stereocenters. The summed E-state index contributed by atoms with van der Waals surface area (Å²) in [5.74, 6) is 1.85. The van der Waals surface area contributed by atoms with E-state index in [1.54, 1.807) is 7.11 Å². The van der Waals surface area contributed by atoms with Gasteiger partial charge in [-0.1, -0.05) is 17.7 Å². The summed E-state index contributed by atoms with van der Waals surface area (Å²) in [6.45, 7) is 5.22. The number of rotatable bonds is 7. The lowest BCUT2D eigenvalue weighted by atomic mass is 10.1. The molecule has 0 saturated carbocycles. The lowest BCUT2D eigenvalue weighted by Gasteiger charge is -2.17. The van der Waals surface area contributed by atoms with Gasteiger partial charge in [-0.2, -0.15) is 0 Å². The molecule has 0 radical (unpaired) electrons. The maximum Gasteiger partial charge on any atom is 0.315 e. The van der Waals surface area contributed by atoms with Gasteiger partial charge in [-0.15, -0.1) is 0 Å². The fraction of sp³-hybridized carbons (Fsp3) is 0.429. The molecule has 0 spiro atoms. The SMILES string of the molecule is COc1ccc(C)cc1CCNC(=O)NCc1ccnc(N2CCCC2)c1. The van der Waals surface area contributed by atoms with Crippen LogP contribution in [0, 0.1) is 6.92 Å². The first-order chi connectivity index (χ1) is 13.2. The lowest BCUT2D eigenvalue weighted by molar-refractivity contribution is 0.240. The van der Waals surface area contributed by atoms with Gasteiger partial charge in [0.2, 0.25) is 0 Å². The summed E-state index contributed by atoms with van der Waals surface area (Å²) in [4.78, 5) is 18.8. The van der Waals surface area contributed by atoms with Crippen molar-refractivity contribution >= 4 is 11.8 Å². The van der Waals surface area contributed by atoms with Crippen molar-refractivity contribution in [1.29, 1.82) is 0 Å². The number of hydrogen-bond donors (Lipinski definition) is 2. The zero-order chi connectivity index (χ0) is 19.1. The molecular formula is C21H28N4O2. The maximum absolute atomic E-state index is 12.1.